The molecule has 0 atom stereocenters. The van der Waals surface area contributed by atoms with E-state index in [9.17, 15) is 9.59 Å². The zero-order valence-corrected chi connectivity index (χ0v) is 10.8. The van der Waals surface area contributed by atoms with E-state index in [0.717, 1.165) is 5.69 Å². The van der Waals surface area contributed by atoms with Crippen LogP contribution in [0.4, 0.5) is 5.69 Å². The van der Waals surface area contributed by atoms with Crippen molar-refractivity contribution in [3.63, 3.8) is 0 Å². The van der Waals surface area contributed by atoms with Crippen molar-refractivity contribution in [3.05, 3.63) is 30.3 Å². The molecule has 5 nitrogen and oxygen atoms in total. The highest BCUT2D eigenvalue weighted by atomic mass is 16.2. The number of nitrogens with zero attached hydrogens (tertiary/aromatic N) is 1. The predicted octanol–water partition coefficient (Wildman–Crippen LogP) is 0.822. The molecule has 0 unspecified atom stereocenters. The van der Waals surface area contributed by atoms with Crippen molar-refractivity contribution in [2.24, 2.45) is 11.7 Å². The third-order valence-electron chi connectivity index (χ3n) is 3.43. The van der Waals surface area contributed by atoms with Crippen LogP contribution in [-0.4, -0.2) is 36.3 Å². The topological polar surface area (TPSA) is 75.4 Å². The highest BCUT2D eigenvalue weighted by Gasteiger charge is 2.26. The smallest absolute Gasteiger partial charge is 0.236 e. The lowest BCUT2D eigenvalue weighted by Gasteiger charge is -2.31. The highest BCUT2D eigenvalue weighted by Crippen LogP contribution is 2.19. The Balaban J connectivity index is 1.84. The minimum atomic E-state index is -0.0399. The Hall–Kier alpha value is -1.88. The summed E-state index contributed by atoms with van der Waals surface area (Å²) in [6.45, 7) is 1.27. The van der Waals surface area contributed by atoms with Gasteiger partial charge in [0.05, 0.1) is 6.54 Å². The number of piperidine rings is 1. The number of hydrogen-bond donors (Lipinski definition) is 2. The SMILES string of the molecule is NCC(=O)N1CCC(C(=O)Nc2ccccc2)CC1. The standard InChI is InChI=1S/C14H19N3O2/c15-10-13(18)17-8-6-11(7-9-17)14(19)16-12-4-2-1-3-5-12/h1-5,11H,6-10,15H2,(H,16,19). The van der Waals surface area contributed by atoms with Gasteiger partial charge >= 0.3 is 0 Å². The van der Waals surface area contributed by atoms with E-state index in [1.807, 2.05) is 30.3 Å². The molecule has 19 heavy (non-hydrogen) atoms. The monoisotopic (exact) mass is 261 g/mol. The Labute approximate surface area is 112 Å². The van der Waals surface area contributed by atoms with E-state index in [4.69, 9.17) is 5.73 Å². The zero-order chi connectivity index (χ0) is 13.7. The van der Waals surface area contributed by atoms with Crippen LogP contribution in [0.15, 0.2) is 30.3 Å². The van der Waals surface area contributed by atoms with Crippen molar-refractivity contribution in [1.82, 2.24) is 4.90 Å². The molecule has 1 saturated heterocycles. The van der Waals surface area contributed by atoms with Gasteiger partial charge in [0, 0.05) is 24.7 Å². The Kier molecular flexibility index (Phi) is 4.52. The molecule has 0 spiro atoms. The van der Waals surface area contributed by atoms with E-state index < -0.39 is 0 Å². The maximum absolute atomic E-state index is 12.1. The quantitative estimate of drug-likeness (QED) is 0.846. The maximum Gasteiger partial charge on any atom is 0.236 e. The molecule has 0 aliphatic carbocycles. The third kappa shape index (κ3) is 3.54. The molecule has 0 radical (unpaired) electrons. The number of carbonyl (C=O) groups excluding carboxylic acids is 2. The van der Waals surface area contributed by atoms with E-state index >= 15 is 0 Å². The van der Waals surface area contributed by atoms with Crippen molar-refractivity contribution >= 4 is 17.5 Å². The van der Waals surface area contributed by atoms with Crippen molar-refractivity contribution in [2.45, 2.75) is 12.8 Å². The number of hydrogen-bond acceptors (Lipinski definition) is 3. The second kappa shape index (κ2) is 6.33. The van der Waals surface area contributed by atoms with Crippen LogP contribution in [0.5, 0.6) is 0 Å². The molecule has 1 aliphatic rings. The molecule has 0 saturated carbocycles. The van der Waals surface area contributed by atoms with Gasteiger partial charge in [-0.05, 0) is 25.0 Å². The summed E-state index contributed by atoms with van der Waals surface area (Å²) in [6, 6.07) is 9.42. The van der Waals surface area contributed by atoms with Crippen molar-refractivity contribution in [1.29, 1.82) is 0 Å². The van der Waals surface area contributed by atoms with Crippen LogP contribution in [0.3, 0.4) is 0 Å². The number of nitrogens with two attached hydrogens (primary N) is 1. The molecule has 1 aromatic carbocycles. The van der Waals surface area contributed by atoms with Crippen LogP contribution < -0.4 is 11.1 Å². The highest BCUT2D eigenvalue weighted by molar-refractivity contribution is 5.92. The van der Waals surface area contributed by atoms with Gasteiger partial charge in [0.25, 0.3) is 0 Å². The largest absolute Gasteiger partial charge is 0.342 e. The lowest BCUT2D eigenvalue weighted by Crippen LogP contribution is -2.43. The third-order valence-corrected chi connectivity index (χ3v) is 3.43. The number of amides is 2. The van der Waals surface area contributed by atoms with E-state index in [0.29, 0.717) is 25.9 Å². The van der Waals surface area contributed by atoms with Crippen LogP contribution in [0.2, 0.25) is 0 Å². The summed E-state index contributed by atoms with van der Waals surface area (Å²) in [4.78, 5) is 25.2. The first-order chi connectivity index (χ1) is 9.20. The van der Waals surface area contributed by atoms with Crippen molar-refractivity contribution in [3.8, 4) is 0 Å². The molecule has 0 bridgehead atoms. The van der Waals surface area contributed by atoms with Gasteiger partial charge in [0.15, 0.2) is 0 Å². The van der Waals surface area contributed by atoms with Crippen molar-refractivity contribution in [2.75, 3.05) is 25.0 Å². The Morgan fingerprint density at radius 1 is 1.21 bits per heavy atom. The number of benzene rings is 1. The minimum Gasteiger partial charge on any atom is -0.342 e. The fraction of sp³-hybridized carbons (Fsp3) is 0.429. The fourth-order valence-electron chi connectivity index (χ4n) is 2.29. The molecule has 102 valence electrons. The van der Waals surface area contributed by atoms with Gasteiger partial charge in [0.1, 0.15) is 0 Å². The second-order valence-electron chi connectivity index (χ2n) is 4.71. The van der Waals surface area contributed by atoms with Gasteiger partial charge < -0.3 is 16.0 Å². The van der Waals surface area contributed by atoms with Crippen LogP contribution in [0, 0.1) is 5.92 Å². The average molecular weight is 261 g/mol. The molecule has 2 rings (SSSR count). The van der Waals surface area contributed by atoms with E-state index in [-0.39, 0.29) is 24.3 Å². The summed E-state index contributed by atoms with van der Waals surface area (Å²) in [5.41, 5.74) is 6.14. The average Bonchev–Trinajstić information content (AvgIpc) is 2.47. The summed E-state index contributed by atoms with van der Waals surface area (Å²) >= 11 is 0. The zero-order valence-electron chi connectivity index (χ0n) is 10.8. The number of para-hydroxylation sites is 1. The molecular weight excluding hydrogens is 242 g/mol. The fourth-order valence-corrected chi connectivity index (χ4v) is 2.29. The first kappa shape index (κ1) is 13.5. The first-order valence-corrected chi connectivity index (χ1v) is 6.54. The molecule has 1 heterocycles. The summed E-state index contributed by atoms with van der Waals surface area (Å²) in [5.74, 6) is -0.0324. The van der Waals surface area contributed by atoms with E-state index in [1.54, 1.807) is 4.90 Å². The summed E-state index contributed by atoms with van der Waals surface area (Å²) < 4.78 is 0. The Bertz CT molecular complexity index is 439. The summed E-state index contributed by atoms with van der Waals surface area (Å²) in [6.07, 6.45) is 1.40. The van der Waals surface area contributed by atoms with Gasteiger partial charge in [-0.1, -0.05) is 18.2 Å². The second-order valence-corrected chi connectivity index (χ2v) is 4.71. The normalized spacial score (nSPS) is 16.2. The van der Waals surface area contributed by atoms with Gasteiger partial charge in [-0.25, -0.2) is 0 Å². The first-order valence-electron chi connectivity index (χ1n) is 6.54. The lowest BCUT2D eigenvalue weighted by molar-refractivity contribution is -0.133. The molecule has 5 heteroatoms. The van der Waals surface area contributed by atoms with E-state index in [2.05, 4.69) is 5.32 Å². The molecule has 3 N–H and O–H groups in total. The number of rotatable bonds is 3. The van der Waals surface area contributed by atoms with Crippen LogP contribution in [0.1, 0.15) is 12.8 Å². The number of carbonyl (C=O) groups is 2. The predicted molar refractivity (Wildman–Crippen MR) is 73.4 cm³/mol. The van der Waals surface area contributed by atoms with Gasteiger partial charge in [0.2, 0.25) is 11.8 Å². The number of likely N-dealkylation sites (tertiary alicyclic amines) is 1. The van der Waals surface area contributed by atoms with Gasteiger partial charge in [-0.3, -0.25) is 9.59 Å². The molecule has 1 fully saturated rings. The number of anilines is 1. The number of nitrogens with one attached hydrogen (secondary N) is 1. The molecule has 1 aromatic rings. The van der Waals surface area contributed by atoms with Crippen LogP contribution >= 0.6 is 0 Å². The van der Waals surface area contributed by atoms with Crippen LogP contribution in [0.25, 0.3) is 0 Å². The molecule has 1 aliphatic heterocycles. The minimum absolute atomic E-state index is 0.0259. The van der Waals surface area contributed by atoms with Gasteiger partial charge in [-0.15, -0.1) is 0 Å². The Morgan fingerprint density at radius 3 is 2.42 bits per heavy atom. The Morgan fingerprint density at radius 2 is 1.84 bits per heavy atom. The summed E-state index contributed by atoms with van der Waals surface area (Å²) in [5, 5.41) is 2.90. The molecule has 0 aromatic heterocycles. The lowest BCUT2D eigenvalue weighted by atomic mass is 9.95. The molecular formula is C14H19N3O2. The summed E-state index contributed by atoms with van der Waals surface area (Å²) in [7, 11) is 0. The van der Waals surface area contributed by atoms with Gasteiger partial charge in [-0.2, -0.15) is 0 Å². The van der Waals surface area contributed by atoms with E-state index in [1.165, 1.54) is 0 Å². The van der Waals surface area contributed by atoms with Crippen LogP contribution in [-0.2, 0) is 9.59 Å². The maximum atomic E-state index is 12.1. The van der Waals surface area contributed by atoms with Crippen molar-refractivity contribution < 1.29 is 9.59 Å². The molecule has 2 amide bonds.